The zero-order chi connectivity index (χ0) is 6.85. The maximum Gasteiger partial charge on any atom is 3.00 e. The Morgan fingerprint density at radius 1 is 1.40 bits per heavy atom. The van der Waals surface area contributed by atoms with E-state index >= 15 is 0 Å². The van der Waals surface area contributed by atoms with Crippen molar-refractivity contribution in [3.8, 4) is 0 Å². The number of aryl methyl sites for hydroxylation is 2. The van der Waals surface area contributed by atoms with Gasteiger partial charge >= 0.3 is 32.7 Å². The van der Waals surface area contributed by atoms with Gasteiger partial charge in [-0.25, -0.2) is 0 Å². The van der Waals surface area contributed by atoms with Gasteiger partial charge in [0.25, 0.3) is 0 Å². The van der Waals surface area contributed by atoms with Crippen molar-refractivity contribution in [3.05, 3.63) is 29.3 Å². The van der Waals surface area contributed by atoms with Gasteiger partial charge in [0.15, 0.2) is 0 Å². The van der Waals surface area contributed by atoms with Crippen molar-refractivity contribution in [1.29, 1.82) is 0 Å². The van der Waals surface area contributed by atoms with Crippen molar-refractivity contribution < 1.29 is 32.7 Å². The van der Waals surface area contributed by atoms with Crippen molar-refractivity contribution in [2.24, 2.45) is 0 Å². The molecule has 0 aliphatic carbocycles. The van der Waals surface area contributed by atoms with Crippen LogP contribution in [0.1, 0.15) is 11.1 Å². The van der Waals surface area contributed by atoms with Gasteiger partial charge in [-0.05, 0) is 0 Å². The van der Waals surface area contributed by atoms with Crippen LogP contribution in [-0.2, 0) is 32.7 Å². The van der Waals surface area contributed by atoms with Gasteiger partial charge in [0.2, 0.25) is 0 Å². The molecule has 0 amide bonds. The molecule has 1 aromatic rings. The maximum absolute atomic E-state index is 5.60. The molecule has 0 aromatic heterocycles. The van der Waals surface area contributed by atoms with Crippen molar-refractivity contribution >= 4 is 5.69 Å². The topological polar surface area (TPSA) is 26.0 Å². The van der Waals surface area contributed by atoms with E-state index in [-0.39, 0.29) is 32.7 Å². The third kappa shape index (κ3) is 2.39. The number of hydrogen-bond donors (Lipinski definition) is 1. The molecule has 48 valence electrons. The third-order valence-corrected chi connectivity index (χ3v) is 1.34. The van der Waals surface area contributed by atoms with E-state index in [4.69, 9.17) is 5.73 Å². The molecule has 0 heterocycles. The van der Waals surface area contributed by atoms with Crippen molar-refractivity contribution in [3.63, 3.8) is 0 Å². The molecule has 1 aromatic carbocycles. The Morgan fingerprint density at radius 2 is 2.00 bits per heavy atom. The minimum absolute atomic E-state index is 0. The van der Waals surface area contributed by atoms with Crippen LogP contribution >= 0.6 is 0 Å². The summed E-state index contributed by atoms with van der Waals surface area (Å²) in [5.41, 5.74) is 8.65. The van der Waals surface area contributed by atoms with Gasteiger partial charge in [-0.3, -0.25) is 0 Å². The molecule has 2 N–H and O–H groups in total. The Bertz CT molecular complexity index is 220. The predicted molar refractivity (Wildman–Crippen MR) is 39.2 cm³/mol. The molecule has 0 atom stereocenters. The fraction of sp³-hybridized carbons (Fsp3) is 0.250. The molecule has 1 nitrogen and oxygen atoms in total. The third-order valence-electron chi connectivity index (χ3n) is 1.34. The summed E-state index contributed by atoms with van der Waals surface area (Å²) in [5, 5.41) is 0. The first-order valence-electron chi connectivity index (χ1n) is 2.94. The Balaban J connectivity index is 0.000000810. The van der Waals surface area contributed by atoms with Crippen LogP contribution in [0.4, 0.5) is 5.69 Å². The van der Waals surface area contributed by atoms with Gasteiger partial charge < -0.3 is 5.73 Å². The summed E-state index contributed by atoms with van der Waals surface area (Å²) in [5.74, 6) is 0. The quantitative estimate of drug-likeness (QED) is 0.510. The first-order chi connectivity index (χ1) is 4.20. The Labute approximate surface area is 86.9 Å². The summed E-state index contributed by atoms with van der Waals surface area (Å²) in [6.07, 6.45) is 0. The number of rotatable bonds is 0. The number of anilines is 1. The van der Waals surface area contributed by atoms with E-state index < -0.39 is 0 Å². The van der Waals surface area contributed by atoms with E-state index in [9.17, 15) is 0 Å². The van der Waals surface area contributed by atoms with E-state index in [2.05, 4.69) is 6.07 Å². The molecular formula is C8H10NY+2. The first-order valence-corrected chi connectivity index (χ1v) is 2.94. The molecule has 2 heteroatoms. The standard InChI is InChI=1S/C8H10N.Y/c1-6-3-4-7(2)8(9)5-6;/h4-5H,9H2,1-2H3;/q-1;+3. The predicted octanol–water partition coefficient (Wildman–Crippen LogP) is 1.68. The van der Waals surface area contributed by atoms with Gasteiger partial charge in [-0.15, -0.1) is 11.6 Å². The monoisotopic (exact) mass is 209 g/mol. The number of nitrogen functional groups attached to an aromatic ring is 1. The van der Waals surface area contributed by atoms with Gasteiger partial charge in [0.05, 0.1) is 0 Å². The van der Waals surface area contributed by atoms with Gasteiger partial charge in [-0.2, -0.15) is 17.7 Å². The van der Waals surface area contributed by atoms with E-state index in [1.165, 1.54) is 0 Å². The average Bonchev–Trinajstić information content (AvgIpc) is 1.80. The first kappa shape index (κ1) is 10.1. The molecule has 0 saturated carbocycles. The van der Waals surface area contributed by atoms with Crippen molar-refractivity contribution in [2.45, 2.75) is 13.8 Å². The second kappa shape index (κ2) is 4.10. The largest absolute Gasteiger partial charge is 3.00 e. The van der Waals surface area contributed by atoms with Crippen LogP contribution in [0.2, 0.25) is 0 Å². The zero-order valence-electron chi connectivity index (χ0n) is 6.31. The van der Waals surface area contributed by atoms with E-state index in [0.717, 1.165) is 16.8 Å². The van der Waals surface area contributed by atoms with Crippen LogP contribution in [-0.4, -0.2) is 0 Å². The van der Waals surface area contributed by atoms with Crippen LogP contribution < -0.4 is 5.73 Å². The number of hydrogen-bond acceptors (Lipinski definition) is 1. The Hall–Kier alpha value is 0.124. The minimum atomic E-state index is 0. The minimum Gasteiger partial charge on any atom is -0.419 e. The number of benzene rings is 1. The van der Waals surface area contributed by atoms with Crippen LogP contribution in [0.3, 0.4) is 0 Å². The smallest absolute Gasteiger partial charge is 0.419 e. The molecule has 0 bridgehead atoms. The van der Waals surface area contributed by atoms with Crippen LogP contribution in [0.15, 0.2) is 12.1 Å². The molecule has 0 spiro atoms. The van der Waals surface area contributed by atoms with E-state index in [0.29, 0.717) is 0 Å². The molecule has 0 saturated heterocycles. The van der Waals surface area contributed by atoms with E-state index in [1.807, 2.05) is 26.0 Å². The normalized spacial score (nSPS) is 8.60. The van der Waals surface area contributed by atoms with Crippen molar-refractivity contribution in [1.82, 2.24) is 0 Å². The molecule has 0 unspecified atom stereocenters. The Morgan fingerprint density at radius 3 is 2.40 bits per heavy atom. The molecular weight excluding hydrogens is 199 g/mol. The molecule has 0 aliphatic heterocycles. The summed E-state index contributed by atoms with van der Waals surface area (Å²) in [6.45, 7) is 3.96. The fourth-order valence-corrected chi connectivity index (χ4v) is 0.694. The summed E-state index contributed by atoms with van der Waals surface area (Å²) in [7, 11) is 0. The summed E-state index contributed by atoms with van der Waals surface area (Å²) < 4.78 is 0. The molecule has 0 radical (unpaired) electrons. The molecule has 0 fully saturated rings. The van der Waals surface area contributed by atoms with Crippen LogP contribution in [0.5, 0.6) is 0 Å². The second-order valence-electron chi connectivity index (χ2n) is 2.25. The summed E-state index contributed by atoms with van der Waals surface area (Å²) in [4.78, 5) is 0. The SMILES string of the molecule is Cc1[c-]cc(C)c(N)c1.[Y+3]. The fourth-order valence-electron chi connectivity index (χ4n) is 0.694. The van der Waals surface area contributed by atoms with Gasteiger partial charge in [0.1, 0.15) is 0 Å². The van der Waals surface area contributed by atoms with Gasteiger partial charge in [0, 0.05) is 0 Å². The van der Waals surface area contributed by atoms with Crippen LogP contribution in [0, 0.1) is 19.9 Å². The second-order valence-corrected chi connectivity index (χ2v) is 2.25. The summed E-state index contributed by atoms with van der Waals surface area (Å²) >= 11 is 0. The maximum atomic E-state index is 5.60. The molecule has 1 rings (SSSR count). The van der Waals surface area contributed by atoms with Crippen LogP contribution in [0.25, 0.3) is 0 Å². The molecule has 0 aliphatic rings. The molecule has 10 heavy (non-hydrogen) atoms. The number of nitrogens with two attached hydrogens (primary N) is 1. The average molecular weight is 209 g/mol. The van der Waals surface area contributed by atoms with Crippen molar-refractivity contribution in [2.75, 3.05) is 5.73 Å². The zero-order valence-corrected chi connectivity index (χ0v) is 9.15. The summed E-state index contributed by atoms with van der Waals surface area (Å²) in [6, 6.07) is 6.89. The van der Waals surface area contributed by atoms with E-state index in [1.54, 1.807) is 0 Å². The van der Waals surface area contributed by atoms with Gasteiger partial charge in [-0.1, -0.05) is 19.5 Å². The Kier molecular flexibility index (Phi) is 4.15.